The van der Waals surface area contributed by atoms with E-state index in [1.807, 2.05) is 30.3 Å². The van der Waals surface area contributed by atoms with Gasteiger partial charge in [-0.25, -0.2) is 0 Å². The van der Waals surface area contributed by atoms with E-state index >= 15 is 0 Å². The van der Waals surface area contributed by atoms with E-state index in [1.54, 1.807) is 18.3 Å². The minimum absolute atomic E-state index is 0.137. The first-order valence-corrected chi connectivity index (χ1v) is 7.22. The Morgan fingerprint density at radius 2 is 2.00 bits per heavy atom. The molecule has 0 saturated heterocycles. The zero-order chi connectivity index (χ0) is 16.1. The summed E-state index contributed by atoms with van der Waals surface area (Å²) in [6, 6.07) is 12.6. The van der Waals surface area contributed by atoms with Gasteiger partial charge < -0.3 is 20.1 Å². The highest BCUT2D eigenvalue weighted by molar-refractivity contribution is 5.60. The first-order chi connectivity index (χ1) is 11.3. The Labute approximate surface area is 133 Å². The van der Waals surface area contributed by atoms with Crippen LogP contribution >= 0.6 is 0 Å². The van der Waals surface area contributed by atoms with Crippen molar-refractivity contribution in [2.75, 3.05) is 6.73 Å². The standard InChI is InChI=1S/C17H17N3O3/c18-11-22-10-16-15(2-1-7-19-16)17-9-13(20-23-17)8-12-3-5-14(21)6-4-12/h1-7,9,21H,8,10-11,18H2. The molecule has 0 radical (unpaired) electrons. The molecule has 6 nitrogen and oxygen atoms in total. The number of aromatic nitrogens is 2. The van der Waals surface area contributed by atoms with Gasteiger partial charge in [0.2, 0.25) is 0 Å². The van der Waals surface area contributed by atoms with E-state index in [0.29, 0.717) is 18.8 Å². The van der Waals surface area contributed by atoms with Gasteiger partial charge in [-0.3, -0.25) is 4.98 Å². The molecule has 3 aromatic rings. The molecule has 0 fully saturated rings. The van der Waals surface area contributed by atoms with Crippen molar-refractivity contribution < 1.29 is 14.4 Å². The summed E-state index contributed by atoms with van der Waals surface area (Å²) in [6.45, 7) is 0.458. The molecule has 0 amide bonds. The van der Waals surface area contributed by atoms with Crippen LogP contribution < -0.4 is 5.73 Å². The number of phenolic OH excluding ortho intramolecular Hbond substituents is 1. The summed E-state index contributed by atoms with van der Waals surface area (Å²) >= 11 is 0. The third-order valence-electron chi connectivity index (χ3n) is 3.39. The van der Waals surface area contributed by atoms with E-state index in [1.165, 1.54) is 0 Å². The molecule has 0 aliphatic rings. The molecule has 0 aliphatic carbocycles. The largest absolute Gasteiger partial charge is 0.508 e. The van der Waals surface area contributed by atoms with Crippen LogP contribution in [0.2, 0.25) is 0 Å². The first kappa shape index (κ1) is 15.2. The fraction of sp³-hybridized carbons (Fsp3) is 0.176. The van der Waals surface area contributed by atoms with Crippen molar-refractivity contribution in [2.45, 2.75) is 13.0 Å². The van der Waals surface area contributed by atoms with Crippen molar-refractivity contribution in [3.8, 4) is 17.1 Å². The van der Waals surface area contributed by atoms with Crippen LogP contribution in [-0.4, -0.2) is 22.0 Å². The number of benzene rings is 1. The molecule has 0 bridgehead atoms. The Balaban J connectivity index is 1.80. The van der Waals surface area contributed by atoms with Gasteiger partial charge in [0.25, 0.3) is 0 Å². The fourth-order valence-electron chi connectivity index (χ4n) is 2.28. The highest BCUT2D eigenvalue weighted by Crippen LogP contribution is 2.24. The number of rotatable bonds is 6. The van der Waals surface area contributed by atoms with Gasteiger partial charge in [0, 0.05) is 24.2 Å². The maximum Gasteiger partial charge on any atom is 0.169 e. The summed E-state index contributed by atoms with van der Waals surface area (Å²) in [6.07, 6.45) is 2.32. The zero-order valence-electron chi connectivity index (χ0n) is 12.5. The van der Waals surface area contributed by atoms with Crippen LogP contribution in [0.15, 0.2) is 53.2 Å². The second kappa shape index (κ2) is 7.04. The summed E-state index contributed by atoms with van der Waals surface area (Å²) < 4.78 is 10.7. The predicted molar refractivity (Wildman–Crippen MR) is 84.5 cm³/mol. The summed E-state index contributed by atoms with van der Waals surface area (Å²) in [5, 5.41) is 13.4. The molecule has 1 aromatic carbocycles. The lowest BCUT2D eigenvalue weighted by Gasteiger charge is -2.04. The molecule has 118 valence electrons. The van der Waals surface area contributed by atoms with E-state index < -0.39 is 0 Å². The molecule has 0 unspecified atom stereocenters. The third-order valence-corrected chi connectivity index (χ3v) is 3.39. The van der Waals surface area contributed by atoms with E-state index in [4.69, 9.17) is 15.0 Å². The molecule has 2 aromatic heterocycles. The minimum atomic E-state index is 0.137. The van der Waals surface area contributed by atoms with Crippen molar-refractivity contribution in [3.63, 3.8) is 0 Å². The van der Waals surface area contributed by atoms with Crippen molar-refractivity contribution in [2.24, 2.45) is 5.73 Å². The average Bonchev–Trinajstić information content (AvgIpc) is 3.04. The fourth-order valence-corrected chi connectivity index (χ4v) is 2.28. The van der Waals surface area contributed by atoms with Gasteiger partial charge in [0.15, 0.2) is 5.76 Å². The van der Waals surface area contributed by atoms with Crippen LogP contribution in [0.5, 0.6) is 5.75 Å². The lowest BCUT2D eigenvalue weighted by Crippen LogP contribution is -2.06. The van der Waals surface area contributed by atoms with E-state index in [2.05, 4.69) is 10.1 Å². The summed E-state index contributed by atoms with van der Waals surface area (Å²) in [5.74, 6) is 0.886. The lowest BCUT2D eigenvalue weighted by molar-refractivity contribution is 0.125. The number of phenols is 1. The van der Waals surface area contributed by atoms with Crippen molar-refractivity contribution in [3.05, 3.63) is 65.6 Å². The van der Waals surface area contributed by atoms with Crippen molar-refractivity contribution in [1.29, 1.82) is 0 Å². The average molecular weight is 311 g/mol. The summed E-state index contributed by atoms with van der Waals surface area (Å²) in [5.41, 5.74) is 8.80. The third kappa shape index (κ3) is 3.74. The molecule has 23 heavy (non-hydrogen) atoms. The SMILES string of the molecule is NCOCc1ncccc1-c1cc(Cc2ccc(O)cc2)no1. The highest BCUT2D eigenvalue weighted by atomic mass is 16.5. The Morgan fingerprint density at radius 1 is 1.17 bits per heavy atom. The van der Waals surface area contributed by atoms with Gasteiger partial charge in [0.1, 0.15) is 5.75 Å². The molecule has 0 atom stereocenters. The van der Waals surface area contributed by atoms with Gasteiger partial charge in [-0.1, -0.05) is 17.3 Å². The lowest BCUT2D eigenvalue weighted by atomic mass is 10.1. The smallest absolute Gasteiger partial charge is 0.169 e. The number of hydrogen-bond acceptors (Lipinski definition) is 6. The Hall–Kier alpha value is -2.70. The van der Waals surface area contributed by atoms with Gasteiger partial charge >= 0.3 is 0 Å². The molecule has 0 saturated carbocycles. The minimum Gasteiger partial charge on any atom is -0.508 e. The van der Waals surface area contributed by atoms with Crippen LogP contribution in [0.3, 0.4) is 0 Å². The molecule has 0 spiro atoms. The normalized spacial score (nSPS) is 10.8. The molecule has 0 aliphatic heterocycles. The van der Waals surface area contributed by atoms with Crippen LogP contribution in [-0.2, 0) is 17.8 Å². The molecule has 3 N–H and O–H groups in total. The number of hydrogen-bond donors (Lipinski definition) is 2. The highest BCUT2D eigenvalue weighted by Gasteiger charge is 2.12. The van der Waals surface area contributed by atoms with E-state index in [0.717, 1.165) is 22.5 Å². The number of nitrogens with two attached hydrogens (primary N) is 1. The van der Waals surface area contributed by atoms with Crippen LogP contribution in [0.1, 0.15) is 17.0 Å². The molecule has 6 heteroatoms. The molecular weight excluding hydrogens is 294 g/mol. The molecule has 2 heterocycles. The topological polar surface area (TPSA) is 94.4 Å². The Kier molecular flexibility index (Phi) is 4.65. The summed E-state index contributed by atoms with van der Waals surface area (Å²) in [7, 11) is 0. The maximum absolute atomic E-state index is 9.32. The number of pyridine rings is 1. The number of nitrogens with zero attached hydrogens (tertiary/aromatic N) is 2. The Morgan fingerprint density at radius 3 is 2.78 bits per heavy atom. The second-order valence-corrected chi connectivity index (χ2v) is 5.04. The Bertz CT molecular complexity index is 769. The predicted octanol–water partition coefficient (Wildman–Crippen LogP) is 2.47. The van der Waals surface area contributed by atoms with Gasteiger partial charge in [0.05, 0.1) is 24.7 Å². The van der Waals surface area contributed by atoms with Crippen LogP contribution in [0.4, 0.5) is 0 Å². The molecular formula is C17H17N3O3. The van der Waals surface area contributed by atoms with Gasteiger partial charge in [-0.15, -0.1) is 0 Å². The monoisotopic (exact) mass is 311 g/mol. The molecule has 3 rings (SSSR count). The maximum atomic E-state index is 9.32. The van der Waals surface area contributed by atoms with E-state index in [9.17, 15) is 5.11 Å². The summed E-state index contributed by atoms with van der Waals surface area (Å²) in [4.78, 5) is 4.30. The van der Waals surface area contributed by atoms with Crippen LogP contribution in [0.25, 0.3) is 11.3 Å². The zero-order valence-corrected chi connectivity index (χ0v) is 12.5. The van der Waals surface area contributed by atoms with Crippen molar-refractivity contribution in [1.82, 2.24) is 10.1 Å². The van der Waals surface area contributed by atoms with Crippen LogP contribution in [0, 0.1) is 0 Å². The number of aromatic hydroxyl groups is 1. The van der Waals surface area contributed by atoms with Crippen molar-refractivity contribution >= 4 is 0 Å². The van der Waals surface area contributed by atoms with Gasteiger partial charge in [-0.05, 0) is 29.8 Å². The first-order valence-electron chi connectivity index (χ1n) is 7.22. The second-order valence-electron chi connectivity index (χ2n) is 5.04. The quantitative estimate of drug-likeness (QED) is 0.679. The van der Waals surface area contributed by atoms with E-state index in [-0.39, 0.29) is 12.5 Å². The number of ether oxygens (including phenoxy) is 1. The van der Waals surface area contributed by atoms with Gasteiger partial charge in [-0.2, -0.15) is 0 Å².